The van der Waals surface area contributed by atoms with Crippen molar-refractivity contribution in [3.05, 3.63) is 60.3 Å². The molecule has 108 valence electrons. The third-order valence-corrected chi connectivity index (χ3v) is 3.08. The molecule has 2 aromatic heterocycles. The number of nitrogens with zero attached hydrogens (tertiary/aromatic N) is 3. The minimum Gasteiger partial charge on any atom is -0.379 e. The number of fused-ring (bicyclic) bond motifs is 1. The van der Waals surface area contributed by atoms with Gasteiger partial charge in [-0.1, -0.05) is 0 Å². The van der Waals surface area contributed by atoms with Crippen molar-refractivity contribution in [2.45, 2.75) is 12.7 Å². The largest absolute Gasteiger partial charge is 0.416 e. The molecule has 0 radical (unpaired) electrons. The Kier molecular flexibility index (Phi) is 3.25. The lowest BCUT2D eigenvalue weighted by molar-refractivity contribution is -0.137. The number of benzene rings is 1. The van der Waals surface area contributed by atoms with Gasteiger partial charge in [0.25, 0.3) is 0 Å². The van der Waals surface area contributed by atoms with E-state index in [0.717, 1.165) is 23.5 Å². The molecule has 0 amide bonds. The summed E-state index contributed by atoms with van der Waals surface area (Å²) in [5.74, 6) is 0. The Bertz CT molecular complexity index is 747. The zero-order chi connectivity index (χ0) is 14.9. The van der Waals surface area contributed by atoms with Gasteiger partial charge >= 0.3 is 6.18 Å². The molecule has 0 aliphatic heterocycles. The summed E-state index contributed by atoms with van der Waals surface area (Å²) in [6.45, 7) is 0.455. The smallest absolute Gasteiger partial charge is 0.379 e. The van der Waals surface area contributed by atoms with E-state index in [4.69, 9.17) is 0 Å². The van der Waals surface area contributed by atoms with Crippen LogP contribution in [0, 0.1) is 0 Å². The Hall–Kier alpha value is -2.57. The molecule has 0 aliphatic rings. The number of imidazole rings is 1. The number of rotatable bonds is 3. The number of nitrogens with one attached hydrogen (secondary N) is 1. The molecule has 4 nitrogen and oxygen atoms in total. The quantitative estimate of drug-likeness (QED) is 0.805. The number of halogens is 3. The van der Waals surface area contributed by atoms with Gasteiger partial charge < -0.3 is 5.32 Å². The second-order valence-electron chi connectivity index (χ2n) is 4.48. The van der Waals surface area contributed by atoms with Crippen LogP contribution in [0.3, 0.4) is 0 Å². The molecule has 2 heterocycles. The average Bonchev–Trinajstić information content (AvgIpc) is 2.88. The molecule has 0 bridgehead atoms. The maximum absolute atomic E-state index is 12.5. The molecule has 0 aliphatic carbocycles. The second kappa shape index (κ2) is 5.08. The molecule has 0 unspecified atom stereocenters. The van der Waals surface area contributed by atoms with Gasteiger partial charge in [-0.2, -0.15) is 13.2 Å². The lowest BCUT2D eigenvalue weighted by Gasteiger charge is -2.09. The fourth-order valence-corrected chi connectivity index (χ4v) is 2.00. The molecule has 0 saturated heterocycles. The normalized spacial score (nSPS) is 11.8. The molecular weight excluding hydrogens is 281 g/mol. The van der Waals surface area contributed by atoms with Crippen LogP contribution in [-0.2, 0) is 12.7 Å². The molecule has 0 spiro atoms. The van der Waals surface area contributed by atoms with E-state index in [0.29, 0.717) is 12.2 Å². The van der Waals surface area contributed by atoms with Crippen molar-refractivity contribution in [3.8, 4) is 0 Å². The summed E-state index contributed by atoms with van der Waals surface area (Å²) in [5.41, 5.74) is 1.58. The standard InChI is InChI=1S/C14H11F3N4/c15-14(16,17)10-1-3-11(4-2-10)19-7-12-8-20-13-9-18-5-6-21(12)13/h1-6,8-9,19H,7H2. The predicted octanol–water partition coefficient (Wildman–Crippen LogP) is 3.36. The fraction of sp³-hybridized carbons (Fsp3) is 0.143. The van der Waals surface area contributed by atoms with Crippen LogP contribution in [0.5, 0.6) is 0 Å². The van der Waals surface area contributed by atoms with Crippen LogP contribution in [0.25, 0.3) is 5.65 Å². The highest BCUT2D eigenvalue weighted by Crippen LogP contribution is 2.29. The predicted molar refractivity (Wildman–Crippen MR) is 71.8 cm³/mol. The van der Waals surface area contributed by atoms with Crippen molar-refractivity contribution in [3.63, 3.8) is 0 Å². The van der Waals surface area contributed by atoms with Gasteiger partial charge in [-0.05, 0) is 24.3 Å². The van der Waals surface area contributed by atoms with E-state index in [-0.39, 0.29) is 0 Å². The molecule has 7 heteroatoms. The summed E-state index contributed by atoms with van der Waals surface area (Å²) in [6.07, 6.45) is 2.46. The van der Waals surface area contributed by atoms with E-state index in [1.807, 2.05) is 4.40 Å². The maximum Gasteiger partial charge on any atom is 0.416 e. The summed E-state index contributed by atoms with van der Waals surface area (Å²) in [4.78, 5) is 8.16. The monoisotopic (exact) mass is 292 g/mol. The first kappa shape index (κ1) is 13.4. The van der Waals surface area contributed by atoms with Gasteiger partial charge in [0.05, 0.1) is 30.2 Å². The summed E-state index contributed by atoms with van der Waals surface area (Å²) < 4.78 is 39.3. The third-order valence-electron chi connectivity index (χ3n) is 3.08. The first-order chi connectivity index (χ1) is 10.0. The Labute approximate surface area is 118 Å². The molecule has 0 atom stereocenters. The Balaban J connectivity index is 1.73. The van der Waals surface area contributed by atoms with E-state index in [1.54, 1.807) is 24.8 Å². The number of anilines is 1. The topological polar surface area (TPSA) is 42.2 Å². The first-order valence-corrected chi connectivity index (χ1v) is 6.21. The van der Waals surface area contributed by atoms with Crippen LogP contribution in [0.15, 0.2) is 49.1 Å². The van der Waals surface area contributed by atoms with E-state index < -0.39 is 11.7 Å². The third kappa shape index (κ3) is 2.81. The van der Waals surface area contributed by atoms with Crippen molar-refractivity contribution in [2.75, 3.05) is 5.32 Å². The molecule has 3 rings (SSSR count). The van der Waals surface area contributed by atoms with Gasteiger partial charge in [0, 0.05) is 18.1 Å². The zero-order valence-corrected chi connectivity index (χ0v) is 10.8. The Morgan fingerprint density at radius 2 is 1.86 bits per heavy atom. The minimum absolute atomic E-state index is 0.455. The number of hydrogen-bond donors (Lipinski definition) is 1. The number of alkyl halides is 3. The van der Waals surface area contributed by atoms with Gasteiger partial charge in [0.2, 0.25) is 0 Å². The molecule has 0 fully saturated rings. The average molecular weight is 292 g/mol. The van der Waals surface area contributed by atoms with Crippen LogP contribution in [-0.4, -0.2) is 14.4 Å². The molecule has 21 heavy (non-hydrogen) atoms. The van der Waals surface area contributed by atoms with Crippen LogP contribution < -0.4 is 5.32 Å². The lowest BCUT2D eigenvalue weighted by atomic mass is 10.2. The molecule has 3 aromatic rings. The molecule has 1 N–H and O–H groups in total. The van der Waals surface area contributed by atoms with Gasteiger partial charge in [-0.25, -0.2) is 4.98 Å². The Morgan fingerprint density at radius 1 is 1.10 bits per heavy atom. The van der Waals surface area contributed by atoms with Crippen LogP contribution >= 0.6 is 0 Å². The molecular formula is C14H11F3N4. The van der Waals surface area contributed by atoms with Crippen molar-refractivity contribution in [1.82, 2.24) is 14.4 Å². The Morgan fingerprint density at radius 3 is 2.57 bits per heavy atom. The maximum atomic E-state index is 12.5. The van der Waals surface area contributed by atoms with E-state index >= 15 is 0 Å². The summed E-state index contributed by atoms with van der Waals surface area (Å²) >= 11 is 0. The minimum atomic E-state index is -4.31. The highest BCUT2D eigenvalue weighted by atomic mass is 19.4. The van der Waals surface area contributed by atoms with Gasteiger partial charge in [-0.3, -0.25) is 9.38 Å². The van der Waals surface area contributed by atoms with Crippen LogP contribution in [0.2, 0.25) is 0 Å². The highest BCUT2D eigenvalue weighted by Gasteiger charge is 2.29. The van der Waals surface area contributed by atoms with Crippen molar-refractivity contribution in [1.29, 1.82) is 0 Å². The van der Waals surface area contributed by atoms with Crippen molar-refractivity contribution < 1.29 is 13.2 Å². The van der Waals surface area contributed by atoms with E-state index in [2.05, 4.69) is 15.3 Å². The number of aromatic nitrogens is 3. The summed E-state index contributed by atoms with van der Waals surface area (Å²) in [7, 11) is 0. The van der Waals surface area contributed by atoms with Crippen LogP contribution in [0.1, 0.15) is 11.3 Å². The van der Waals surface area contributed by atoms with Gasteiger partial charge in [0.1, 0.15) is 0 Å². The molecule has 1 aromatic carbocycles. The van der Waals surface area contributed by atoms with Crippen molar-refractivity contribution >= 4 is 11.3 Å². The zero-order valence-electron chi connectivity index (χ0n) is 10.8. The number of hydrogen-bond acceptors (Lipinski definition) is 3. The van der Waals surface area contributed by atoms with E-state index in [1.165, 1.54) is 12.1 Å². The van der Waals surface area contributed by atoms with Crippen molar-refractivity contribution in [2.24, 2.45) is 0 Å². The summed E-state index contributed by atoms with van der Waals surface area (Å²) in [5, 5.41) is 3.07. The van der Waals surface area contributed by atoms with Gasteiger partial charge in [0.15, 0.2) is 5.65 Å². The highest BCUT2D eigenvalue weighted by molar-refractivity contribution is 5.46. The lowest BCUT2D eigenvalue weighted by Crippen LogP contribution is -2.06. The second-order valence-corrected chi connectivity index (χ2v) is 4.48. The van der Waals surface area contributed by atoms with Crippen LogP contribution in [0.4, 0.5) is 18.9 Å². The molecule has 0 saturated carbocycles. The summed E-state index contributed by atoms with van der Waals surface area (Å²) in [6, 6.07) is 4.93. The first-order valence-electron chi connectivity index (χ1n) is 6.21. The van der Waals surface area contributed by atoms with Gasteiger partial charge in [-0.15, -0.1) is 0 Å². The van der Waals surface area contributed by atoms with E-state index in [9.17, 15) is 13.2 Å². The SMILES string of the molecule is FC(F)(F)c1ccc(NCc2cnc3cnccn23)cc1. The fourth-order valence-electron chi connectivity index (χ4n) is 2.00.